The summed E-state index contributed by atoms with van der Waals surface area (Å²) in [5.74, 6) is -0.460. The molecule has 106 valence electrons. The molecule has 0 unspecified atom stereocenters. The number of primary amides is 1. The standard InChI is InChI=1S/C14H24N4O/c1-3-8-18(4-2)9-7-17-13-6-5-11(14(16)19)10-12(13)15/h5-6,10,17H,3-4,7-9,15H2,1-2H3,(H2,16,19). The predicted octanol–water partition coefficient (Wildman–Crippen LogP) is 1.51. The van der Waals surface area contributed by atoms with Crippen LogP contribution >= 0.6 is 0 Å². The van der Waals surface area contributed by atoms with Crippen LogP contribution in [0.25, 0.3) is 0 Å². The number of nitrogen functional groups attached to an aromatic ring is 1. The van der Waals surface area contributed by atoms with E-state index in [4.69, 9.17) is 11.5 Å². The Bertz CT molecular complexity index is 420. The number of hydrogen-bond acceptors (Lipinski definition) is 4. The van der Waals surface area contributed by atoms with Gasteiger partial charge in [0, 0.05) is 18.7 Å². The lowest BCUT2D eigenvalue weighted by molar-refractivity contribution is 0.100. The van der Waals surface area contributed by atoms with Crippen molar-refractivity contribution in [1.29, 1.82) is 0 Å². The number of carbonyl (C=O) groups excluding carboxylic acids is 1. The highest BCUT2D eigenvalue weighted by Gasteiger charge is 2.05. The van der Waals surface area contributed by atoms with Gasteiger partial charge in [0.1, 0.15) is 0 Å². The van der Waals surface area contributed by atoms with Gasteiger partial charge in [-0.15, -0.1) is 0 Å². The van der Waals surface area contributed by atoms with Crippen molar-refractivity contribution < 1.29 is 4.79 Å². The van der Waals surface area contributed by atoms with Crippen LogP contribution in [0.15, 0.2) is 18.2 Å². The van der Waals surface area contributed by atoms with Crippen molar-refractivity contribution in [2.75, 3.05) is 37.2 Å². The number of nitrogens with zero attached hydrogens (tertiary/aromatic N) is 1. The fraction of sp³-hybridized carbons (Fsp3) is 0.500. The van der Waals surface area contributed by atoms with Crippen molar-refractivity contribution in [3.05, 3.63) is 23.8 Å². The molecule has 0 aromatic heterocycles. The Balaban J connectivity index is 2.51. The van der Waals surface area contributed by atoms with Crippen LogP contribution in [0.2, 0.25) is 0 Å². The summed E-state index contributed by atoms with van der Waals surface area (Å²) in [4.78, 5) is 13.4. The SMILES string of the molecule is CCCN(CC)CCNc1ccc(C(N)=O)cc1N. The molecule has 0 aliphatic heterocycles. The number of anilines is 2. The van der Waals surface area contributed by atoms with Gasteiger partial charge in [-0.05, 0) is 37.7 Å². The zero-order chi connectivity index (χ0) is 14.3. The van der Waals surface area contributed by atoms with E-state index < -0.39 is 5.91 Å². The Morgan fingerprint density at radius 1 is 1.32 bits per heavy atom. The summed E-state index contributed by atoms with van der Waals surface area (Å²) in [5.41, 5.74) is 12.9. The predicted molar refractivity (Wildman–Crippen MR) is 80.3 cm³/mol. The van der Waals surface area contributed by atoms with Gasteiger partial charge in [0.05, 0.1) is 11.4 Å². The molecule has 5 heteroatoms. The molecule has 0 atom stereocenters. The second-order valence-electron chi connectivity index (χ2n) is 4.53. The Morgan fingerprint density at radius 3 is 2.58 bits per heavy atom. The van der Waals surface area contributed by atoms with Crippen molar-refractivity contribution >= 4 is 17.3 Å². The lowest BCUT2D eigenvalue weighted by atomic mass is 10.1. The smallest absolute Gasteiger partial charge is 0.248 e. The van der Waals surface area contributed by atoms with E-state index in [9.17, 15) is 4.79 Å². The zero-order valence-corrected chi connectivity index (χ0v) is 11.8. The Morgan fingerprint density at radius 2 is 2.05 bits per heavy atom. The molecule has 0 bridgehead atoms. The van der Waals surface area contributed by atoms with Crippen LogP contribution in [-0.4, -0.2) is 37.0 Å². The molecule has 1 aromatic carbocycles. The summed E-state index contributed by atoms with van der Waals surface area (Å²) < 4.78 is 0. The fourth-order valence-electron chi connectivity index (χ4n) is 1.97. The molecular formula is C14H24N4O. The van der Waals surface area contributed by atoms with Gasteiger partial charge >= 0.3 is 0 Å². The number of amides is 1. The summed E-state index contributed by atoms with van der Waals surface area (Å²) in [6, 6.07) is 5.09. The monoisotopic (exact) mass is 264 g/mol. The second-order valence-corrected chi connectivity index (χ2v) is 4.53. The molecule has 0 radical (unpaired) electrons. The minimum Gasteiger partial charge on any atom is -0.397 e. The number of nitrogens with one attached hydrogen (secondary N) is 1. The van der Waals surface area contributed by atoms with Gasteiger partial charge in [-0.25, -0.2) is 0 Å². The van der Waals surface area contributed by atoms with Crippen LogP contribution in [0.4, 0.5) is 11.4 Å². The second kappa shape index (κ2) is 7.63. The van der Waals surface area contributed by atoms with Crippen molar-refractivity contribution in [3.63, 3.8) is 0 Å². The first-order valence-electron chi connectivity index (χ1n) is 6.74. The van der Waals surface area contributed by atoms with E-state index in [2.05, 4.69) is 24.1 Å². The molecular weight excluding hydrogens is 240 g/mol. The van der Waals surface area contributed by atoms with Gasteiger partial charge in [0.15, 0.2) is 0 Å². The first kappa shape index (κ1) is 15.3. The van der Waals surface area contributed by atoms with Gasteiger partial charge < -0.3 is 21.7 Å². The van der Waals surface area contributed by atoms with Gasteiger partial charge in [-0.1, -0.05) is 13.8 Å². The Labute approximate surface area is 115 Å². The van der Waals surface area contributed by atoms with Crippen molar-refractivity contribution in [2.24, 2.45) is 5.73 Å². The number of carbonyl (C=O) groups is 1. The Hall–Kier alpha value is -1.75. The molecule has 0 heterocycles. The maximum Gasteiger partial charge on any atom is 0.248 e. The fourth-order valence-corrected chi connectivity index (χ4v) is 1.97. The van der Waals surface area contributed by atoms with E-state index in [0.29, 0.717) is 11.3 Å². The van der Waals surface area contributed by atoms with Crippen LogP contribution in [0.5, 0.6) is 0 Å². The zero-order valence-electron chi connectivity index (χ0n) is 11.8. The molecule has 0 spiro atoms. The highest BCUT2D eigenvalue weighted by atomic mass is 16.1. The molecule has 19 heavy (non-hydrogen) atoms. The summed E-state index contributed by atoms with van der Waals surface area (Å²) in [6.45, 7) is 8.29. The molecule has 0 aliphatic rings. The van der Waals surface area contributed by atoms with Crippen molar-refractivity contribution in [1.82, 2.24) is 4.90 Å². The number of hydrogen-bond donors (Lipinski definition) is 3. The number of nitrogens with two attached hydrogens (primary N) is 2. The van der Waals surface area contributed by atoms with Crippen LogP contribution in [-0.2, 0) is 0 Å². The van der Waals surface area contributed by atoms with Crippen LogP contribution in [0.1, 0.15) is 30.6 Å². The lowest BCUT2D eigenvalue weighted by Crippen LogP contribution is -2.29. The first-order chi connectivity index (χ1) is 9.08. The topological polar surface area (TPSA) is 84.4 Å². The molecule has 0 aliphatic carbocycles. The van der Waals surface area contributed by atoms with E-state index in [0.717, 1.165) is 38.3 Å². The number of rotatable bonds is 8. The molecule has 1 amide bonds. The van der Waals surface area contributed by atoms with E-state index >= 15 is 0 Å². The van der Waals surface area contributed by atoms with Crippen molar-refractivity contribution in [3.8, 4) is 0 Å². The van der Waals surface area contributed by atoms with E-state index in [1.165, 1.54) is 0 Å². The summed E-state index contributed by atoms with van der Waals surface area (Å²) >= 11 is 0. The molecule has 0 saturated carbocycles. The molecule has 0 saturated heterocycles. The number of likely N-dealkylation sites (N-methyl/N-ethyl adjacent to an activating group) is 1. The molecule has 1 rings (SSSR count). The van der Waals surface area contributed by atoms with Gasteiger partial charge in [0.25, 0.3) is 0 Å². The van der Waals surface area contributed by atoms with Gasteiger partial charge in [-0.2, -0.15) is 0 Å². The average molecular weight is 264 g/mol. The van der Waals surface area contributed by atoms with E-state index in [-0.39, 0.29) is 0 Å². The Kier molecular flexibility index (Phi) is 6.15. The first-order valence-corrected chi connectivity index (χ1v) is 6.74. The third-order valence-corrected chi connectivity index (χ3v) is 3.07. The van der Waals surface area contributed by atoms with Gasteiger partial charge in [0.2, 0.25) is 5.91 Å². The molecule has 5 nitrogen and oxygen atoms in total. The average Bonchev–Trinajstić information content (AvgIpc) is 2.39. The summed E-state index contributed by atoms with van der Waals surface area (Å²) in [5, 5.41) is 3.28. The minimum absolute atomic E-state index is 0.434. The largest absolute Gasteiger partial charge is 0.397 e. The highest BCUT2D eigenvalue weighted by Crippen LogP contribution is 2.19. The third-order valence-electron chi connectivity index (χ3n) is 3.07. The molecule has 1 aromatic rings. The third kappa shape index (κ3) is 4.79. The highest BCUT2D eigenvalue weighted by molar-refractivity contribution is 5.94. The lowest BCUT2D eigenvalue weighted by Gasteiger charge is -2.20. The normalized spacial score (nSPS) is 10.7. The van der Waals surface area contributed by atoms with Crippen molar-refractivity contribution in [2.45, 2.75) is 20.3 Å². The summed E-state index contributed by atoms with van der Waals surface area (Å²) in [7, 11) is 0. The van der Waals surface area contributed by atoms with Crippen LogP contribution in [0.3, 0.4) is 0 Å². The maximum absolute atomic E-state index is 11.0. The van der Waals surface area contributed by atoms with E-state index in [1.54, 1.807) is 18.2 Å². The quantitative estimate of drug-likeness (QED) is 0.621. The van der Waals surface area contributed by atoms with Crippen LogP contribution < -0.4 is 16.8 Å². The van der Waals surface area contributed by atoms with Gasteiger partial charge in [-0.3, -0.25) is 4.79 Å². The molecule has 5 N–H and O–H groups in total. The summed E-state index contributed by atoms with van der Waals surface area (Å²) in [6.07, 6.45) is 1.16. The number of benzene rings is 1. The van der Waals surface area contributed by atoms with E-state index in [1.807, 2.05) is 0 Å². The maximum atomic E-state index is 11.0. The van der Waals surface area contributed by atoms with Crippen LogP contribution in [0, 0.1) is 0 Å². The molecule has 0 fully saturated rings. The minimum atomic E-state index is -0.460.